The fraction of sp³-hybridized carbons (Fsp3) is 0.750. The molecule has 31 heavy (non-hydrogen) atoms. The summed E-state index contributed by atoms with van der Waals surface area (Å²) in [5.74, 6) is 1.79. The summed E-state index contributed by atoms with van der Waals surface area (Å²) in [5.41, 5.74) is 3.90. The van der Waals surface area contributed by atoms with E-state index in [9.17, 15) is 5.11 Å². The summed E-state index contributed by atoms with van der Waals surface area (Å²) < 4.78 is 2.17. The van der Waals surface area contributed by atoms with Crippen LogP contribution in [-0.2, 0) is 0 Å². The molecule has 1 saturated heterocycles. The molecule has 1 atom stereocenters. The summed E-state index contributed by atoms with van der Waals surface area (Å²) in [6.07, 6.45) is 13.0. The van der Waals surface area contributed by atoms with E-state index in [4.69, 9.17) is 10.1 Å². The van der Waals surface area contributed by atoms with Gasteiger partial charge in [-0.1, -0.05) is 26.2 Å². The van der Waals surface area contributed by atoms with Gasteiger partial charge >= 0.3 is 0 Å². The summed E-state index contributed by atoms with van der Waals surface area (Å²) in [4.78, 5) is 4.70. The van der Waals surface area contributed by atoms with E-state index in [1.165, 1.54) is 48.9 Å². The molecule has 0 radical (unpaired) electrons. The van der Waals surface area contributed by atoms with Gasteiger partial charge in [0.2, 0.25) is 5.95 Å². The van der Waals surface area contributed by atoms with E-state index in [-0.39, 0.29) is 18.5 Å². The van der Waals surface area contributed by atoms with Crippen LogP contribution in [0.5, 0.6) is 0 Å². The molecule has 1 aliphatic carbocycles. The van der Waals surface area contributed by atoms with Crippen molar-refractivity contribution in [2.24, 2.45) is 0 Å². The van der Waals surface area contributed by atoms with Gasteiger partial charge in [0.1, 0.15) is 0 Å². The number of anilines is 1. The second-order valence-corrected chi connectivity index (χ2v) is 9.47. The van der Waals surface area contributed by atoms with E-state index in [0.29, 0.717) is 17.9 Å². The standard InChI is InChI=1S/C24H39N5O.ClH/c1-3-4-5-6-17(2)27-24-26-16-23-21(18-11-13-25-14-12-18)15-22(29(23)28-24)19-7-9-20(30)10-8-19;/h15-20,25,30H,3-14H2,1-2H3,(H,27,28);1H/t17-,19?,20?;/m0./s1. The number of hydrogen-bond acceptors (Lipinski definition) is 5. The van der Waals surface area contributed by atoms with Gasteiger partial charge in [0, 0.05) is 17.7 Å². The molecule has 2 fully saturated rings. The van der Waals surface area contributed by atoms with Gasteiger partial charge in [-0.05, 0) is 82.5 Å². The fourth-order valence-corrected chi connectivity index (χ4v) is 5.22. The van der Waals surface area contributed by atoms with Gasteiger partial charge < -0.3 is 15.7 Å². The van der Waals surface area contributed by atoms with E-state index in [1.54, 1.807) is 0 Å². The van der Waals surface area contributed by atoms with Gasteiger partial charge in [0.05, 0.1) is 17.8 Å². The molecular weight excluding hydrogens is 410 g/mol. The third kappa shape index (κ3) is 5.91. The SMILES string of the molecule is CCCCC[C@H](C)Nc1ncc2c(C3CCNCC3)cc(C3CCC(O)CC3)n2n1.Cl. The van der Waals surface area contributed by atoms with Crippen LogP contribution < -0.4 is 10.6 Å². The first kappa shape index (κ1) is 24.3. The van der Waals surface area contributed by atoms with Gasteiger partial charge in [-0.15, -0.1) is 17.5 Å². The second-order valence-electron chi connectivity index (χ2n) is 9.47. The summed E-state index contributed by atoms with van der Waals surface area (Å²) in [5, 5.41) is 22.0. The number of unbranched alkanes of at least 4 members (excludes halogenated alkanes) is 2. The molecule has 7 heteroatoms. The quantitative estimate of drug-likeness (QED) is 0.493. The van der Waals surface area contributed by atoms with Crippen LogP contribution in [0.15, 0.2) is 12.3 Å². The molecule has 0 amide bonds. The molecule has 6 nitrogen and oxygen atoms in total. The number of rotatable bonds is 8. The lowest BCUT2D eigenvalue weighted by Gasteiger charge is -2.25. The third-order valence-corrected chi connectivity index (χ3v) is 7.09. The van der Waals surface area contributed by atoms with Crippen molar-refractivity contribution in [2.45, 2.75) is 102 Å². The zero-order chi connectivity index (χ0) is 20.9. The minimum atomic E-state index is -0.132. The van der Waals surface area contributed by atoms with Crippen molar-refractivity contribution in [3.63, 3.8) is 0 Å². The Morgan fingerprint density at radius 1 is 1.13 bits per heavy atom. The maximum Gasteiger partial charge on any atom is 0.241 e. The number of aliphatic hydroxyl groups is 1. The number of piperidine rings is 1. The van der Waals surface area contributed by atoms with Crippen molar-refractivity contribution in [1.82, 2.24) is 19.9 Å². The monoisotopic (exact) mass is 449 g/mol. The van der Waals surface area contributed by atoms with Crippen molar-refractivity contribution in [3.05, 3.63) is 23.5 Å². The Morgan fingerprint density at radius 2 is 1.87 bits per heavy atom. The number of aromatic nitrogens is 3. The van der Waals surface area contributed by atoms with Crippen molar-refractivity contribution in [2.75, 3.05) is 18.4 Å². The average molecular weight is 450 g/mol. The first-order chi connectivity index (χ1) is 14.7. The van der Waals surface area contributed by atoms with Gasteiger partial charge in [0.15, 0.2) is 0 Å². The smallest absolute Gasteiger partial charge is 0.241 e. The lowest BCUT2D eigenvalue weighted by molar-refractivity contribution is 0.121. The first-order valence-electron chi connectivity index (χ1n) is 12.2. The van der Waals surface area contributed by atoms with Gasteiger partial charge in [-0.2, -0.15) is 0 Å². The molecule has 1 saturated carbocycles. The molecule has 4 rings (SSSR count). The average Bonchev–Trinajstić information content (AvgIpc) is 3.14. The zero-order valence-electron chi connectivity index (χ0n) is 19.1. The number of hydrogen-bond donors (Lipinski definition) is 3. The summed E-state index contributed by atoms with van der Waals surface area (Å²) >= 11 is 0. The van der Waals surface area contributed by atoms with Crippen LogP contribution in [0.2, 0.25) is 0 Å². The Kier molecular flexibility index (Phi) is 8.99. The Labute approximate surface area is 193 Å². The predicted molar refractivity (Wildman–Crippen MR) is 130 cm³/mol. The molecule has 3 N–H and O–H groups in total. The Bertz CT molecular complexity index is 812. The molecule has 2 aromatic heterocycles. The third-order valence-electron chi connectivity index (χ3n) is 7.09. The second kappa shape index (κ2) is 11.5. The van der Waals surface area contributed by atoms with E-state index in [1.807, 2.05) is 6.20 Å². The van der Waals surface area contributed by atoms with Crippen molar-refractivity contribution in [1.29, 1.82) is 0 Å². The van der Waals surface area contributed by atoms with Crippen LogP contribution in [0.1, 0.15) is 101 Å². The van der Waals surface area contributed by atoms with Gasteiger partial charge in [0.25, 0.3) is 0 Å². The highest BCUT2D eigenvalue weighted by Crippen LogP contribution is 2.38. The topological polar surface area (TPSA) is 74.5 Å². The highest BCUT2D eigenvalue weighted by atomic mass is 35.5. The molecule has 0 aromatic carbocycles. The van der Waals surface area contributed by atoms with E-state index < -0.39 is 0 Å². The summed E-state index contributed by atoms with van der Waals surface area (Å²) in [6.45, 7) is 6.64. The molecule has 0 unspecified atom stereocenters. The highest BCUT2D eigenvalue weighted by molar-refractivity contribution is 5.85. The normalized spacial score (nSPS) is 23.5. The molecular formula is C24H40ClN5O. The highest BCUT2D eigenvalue weighted by Gasteiger charge is 2.27. The van der Waals surface area contributed by atoms with Crippen LogP contribution in [0.3, 0.4) is 0 Å². The summed E-state index contributed by atoms with van der Waals surface area (Å²) in [6, 6.07) is 2.79. The molecule has 0 spiro atoms. The maximum absolute atomic E-state index is 9.98. The first-order valence-corrected chi connectivity index (χ1v) is 12.2. The van der Waals surface area contributed by atoms with Gasteiger partial charge in [-0.25, -0.2) is 9.50 Å². The Balaban J connectivity index is 0.00000272. The van der Waals surface area contributed by atoms with Crippen molar-refractivity contribution in [3.8, 4) is 0 Å². The summed E-state index contributed by atoms with van der Waals surface area (Å²) in [7, 11) is 0. The number of aliphatic hydroxyl groups excluding tert-OH is 1. The van der Waals surface area contributed by atoms with Crippen LogP contribution in [0.25, 0.3) is 5.52 Å². The van der Waals surface area contributed by atoms with Crippen LogP contribution in [0, 0.1) is 0 Å². The number of halogens is 1. The van der Waals surface area contributed by atoms with Crippen LogP contribution >= 0.6 is 12.4 Å². The Morgan fingerprint density at radius 3 is 2.58 bits per heavy atom. The van der Waals surface area contributed by atoms with E-state index in [2.05, 4.69) is 35.1 Å². The molecule has 0 bridgehead atoms. The predicted octanol–water partition coefficient (Wildman–Crippen LogP) is 5.02. The van der Waals surface area contributed by atoms with Gasteiger partial charge in [-0.3, -0.25) is 0 Å². The fourth-order valence-electron chi connectivity index (χ4n) is 5.22. The number of nitrogens with one attached hydrogen (secondary N) is 2. The lowest BCUT2D eigenvalue weighted by Crippen LogP contribution is -2.26. The molecule has 2 aliphatic rings. The molecule has 3 heterocycles. The lowest BCUT2D eigenvalue weighted by atomic mass is 9.84. The minimum absolute atomic E-state index is 0. The largest absolute Gasteiger partial charge is 0.393 e. The van der Waals surface area contributed by atoms with Crippen molar-refractivity contribution < 1.29 is 5.11 Å². The molecule has 174 valence electrons. The molecule has 2 aromatic rings. The van der Waals surface area contributed by atoms with E-state index in [0.717, 1.165) is 51.1 Å². The van der Waals surface area contributed by atoms with Crippen LogP contribution in [0.4, 0.5) is 5.95 Å². The van der Waals surface area contributed by atoms with Crippen LogP contribution in [-0.4, -0.2) is 44.9 Å². The Hall–Kier alpha value is -1.37. The zero-order valence-corrected chi connectivity index (χ0v) is 20.0. The maximum atomic E-state index is 9.98. The minimum Gasteiger partial charge on any atom is -0.393 e. The van der Waals surface area contributed by atoms with E-state index >= 15 is 0 Å². The van der Waals surface area contributed by atoms with Crippen molar-refractivity contribution >= 4 is 23.9 Å². The number of nitrogens with zero attached hydrogens (tertiary/aromatic N) is 3. The molecule has 1 aliphatic heterocycles. The number of fused-ring (bicyclic) bond motifs is 1.